The minimum Gasteiger partial charge on any atom is -0.358 e. The molecule has 0 saturated heterocycles. The van der Waals surface area contributed by atoms with E-state index in [-0.39, 0.29) is 38.5 Å². The van der Waals surface area contributed by atoms with Gasteiger partial charge in [-0.3, -0.25) is 33.7 Å². The maximum absolute atomic E-state index is 11.6. The zero-order valence-corrected chi connectivity index (χ0v) is 13.6. The number of nitrogens with one attached hydrogen (secondary N) is 4. The van der Waals surface area contributed by atoms with E-state index in [1.165, 1.54) is 7.05 Å². The first-order valence-corrected chi connectivity index (χ1v) is 7.37. The van der Waals surface area contributed by atoms with E-state index in [4.69, 9.17) is 0 Å². The van der Waals surface area contributed by atoms with Gasteiger partial charge in [-0.05, 0) is 0 Å². The lowest BCUT2D eigenvalue weighted by Crippen LogP contribution is -2.44. The number of nitrogens with zero attached hydrogens (tertiary/aromatic N) is 1. The van der Waals surface area contributed by atoms with Gasteiger partial charge >= 0.3 is 0 Å². The second-order valence-corrected chi connectivity index (χ2v) is 4.91. The van der Waals surface area contributed by atoms with E-state index >= 15 is 0 Å². The Hall–Kier alpha value is -3.24. The first kappa shape index (κ1) is 19.8. The van der Waals surface area contributed by atoms with Gasteiger partial charge in [0.15, 0.2) is 0 Å². The standard InChI is InChI=1S/C14H19N5O6/c1-15-10(21)6-17-12(23)8-18-11(22)7-16-9(20)4-5-19-13(24)2-3-14(19)25/h2-3H,4-8H2,1H3,(H,15,21)(H,16,20)(H,17,23)(H,18,22). The van der Waals surface area contributed by atoms with Crippen molar-refractivity contribution >= 4 is 35.4 Å². The topological polar surface area (TPSA) is 154 Å². The molecule has 0 aromatic heterocycles. The van der Waals surface area contributed by atoms with Crippen LogP contribution in [0.25, 0.3) is 0 Å². The van der Waals surface area contributed by atoms with Crippen molar-refractivity contribution in [1.29, 1.82) is 0 Å². The Morgan fingerprint density at radius 3 is 1.72 bits per heavy atom. The van der Waals surface area contributed by atoms with Gasteiger partial charge < -0.3 is 21.3 Å². The van der Waals surface area contributed by atoms with Crippen LogP contribution in [0.15, 0.2) is 12.2 Å². The van der Waals surface area contributed by atoms with Crippen LogP contribution in [-0.4, -0.2) is 73.6 Å². The zero-order chi connectivity index (χ0) is 18.8. The quantitative estimate of drug-likeness (QED) is 0.314. The van der Waals surface area contributed by atoms with Gasteiger partial charge in [-0.2, -0.15) is 0 Å². The Kier molecular flexibility index (Phi) is 7.76. The van der Waals surface area contributed by atoms with Gasteiger partial charge in [0.1, 0.15) is 0 Å². The molecule has 0 aromatic rings. The van der Waals surface area contributed by atoms with Crippen LogP contribution >= 0.6 is 0 Å². The van der Waals surface area contributed by atoms with Crippen molar-refractivity contribution in [2.24, 2.45) is 0 Å². The number of hydrogen-bond donors (Lipinski definition) is 4. The largest absolute Gasteiger partial charge is 0.358 e. The smallest absolute Gasteiger partial charge is 0.253 e. The summed E-state index contributed by atoms with van der Waals surface area (Å²) in [7, 11) is 1.42. The summed E-state index contributed by atoms with van der Waals surface area (Å²) in [6, 6.07) is 0. The molecule has 6 amide bonds. The highest BCUT2D eigenvalue weighted by molar-refractivity contribution is 6.13. The molecular weight excluding hydrogens is 334 g/mol. The molecule has 1 rings (SSSR count). The van der Waals surface area contributed by atoms with E-state index < -0.39 is 29.5 Å². The minimum absolute atomic E-state index is 0.0833. The van der Waals surface area contributed by atoms with Crippen LogP contribution < -0.4 is 21.3 Å². The SMILES string of the molecule is CNC(=O)CNC(=O)CNC(=O)CNC(=O)CCN1C(=O)C=CC1=O. The highest BCUT2D eigenvalue weighted by Gasteiger charge is 2.23. The van der Waals surface area contributed by atoms with Crippen LogP contribution in [0.5, 0.6) is 0 Å². The van der Waals surface area contributed by atoms with Crippen LogP contribution in [-0.2, 0) is 28.8 Å². The van der Waals surface area contributed by atoms with E-state index in [1.807, 2.05) is 0 Å². The maximum Gasteiger partial charge on any atom is 0.253 e. The third kappa shape index (κ3) is 7.24. The number of carbonyl (C=O) groups is 6. The molecule has 0 aromatic carbocycles. The fourth-order valence-corrected chi connectivity index (χ4v) is 1.70. The predicted molar refractivity (Wildman–Crippen MR) is 83.6 cm³/mol. The molecule has 4 N–H and O–H groups in total. The highest BCUT2D eigenvalue weighted by Crippen LogP contribution is 2.03. The summed E-state index contributed by atoms with van der Waals surface area (Å²) >= 11 is 0. The highest BCUT2D eigenvalue weighted by atomic mass is 16.2. The summed E-state index contributed by atoms with van der Waals surface area (Å²) in [5, 5.41) is 9.17. The second-order valence-electron chi connectivity index (χ2n) is 4.91. The molecule has 25 heavy (non-hydrogen) atoms. The Bertz CT molecular complexity index is 597. The lowest BCUT2D eigenvalue weighted by Gasteiger charge is -2.13. The zero-order valence-electron chi connectivity index (χ0n) is 13.6. The number of likely N-dealkylation sites (N-methyl/N-ethyl adjacent to an activating group) is 1. The summed E-state index contributed by atoms with van der Waals surface area (Å²) in [4.78, 5) is 68.8. The summed E-state index contributed by atoms with van der Waals surface area (Å²) in [6.45, 7) is -0.986. The molecule has 0 bridgehead atoms. The molecule has 0 fully saturated rings. The van der Waals surface area contributed by atoms with Crippen molar-refractivity contribution in [3.63, 3.8) is 0 Å². The van der Waals surface area contributed by atoms with Crippen LogP contribution in [0.3, 0.4) is 0 Å². The van der Waals surface area contributed by atoms with Crippen LogP contribution in [0.4, 0.5) is 0 Å². The lowest BCUT2D eigenvalue weighted by molar-refractivity contribution is -0.137. The molecule has 1 aliphatic rings. The average molecular weight is 353 g/mol. The van der Waals surface area contributed by atoms with Crippen molar-refractivity contribution < 1.29 is 28.8 Å². The van der Waals surface area contributed by atoms with Gasteiger partial charge in [-0.15, -0.1) is 0 Å². The third-order valence-corrected chi connectivity index (χ3v) is 3.08. The average Bonchev–Trinajstić information content (AvgIpc) is 2.92. The molecule has 1 aliphatic heterocycles. The Balaban J connectivity index is 2.15. The molecule has 1 heterocycles. The number of imide groups is 1. The van der Waals surface area contributed by atoms with Crippen LogP contribution in [0.2, 0.25) is 0 Å². The van der Waals surface area contributed by atoms with E-state index in [0.717, 1.165) is 17.1 Å². The van der Waals surface area contributed by atoms with Crippen molar-refractivity contribution in [3.8, 4) is 0 Å². The number of carbonyl (C=O) groups excluding carboxylic acids is 6. The van der Waals surface area contributed by atoms with E-state index in [1.54, 1.807) is 0 Å². The van der Waals surface area contributed by atoms with Gasteiger partial charge in [0.25, 0.3) is 11.8 Å². The van der Waals surface area contributed by atoms with Gasteiger partial charge in [-0.1, -0.05) is 0 Å². The summed E-state index contributed by atoms with van der Waals surface area (Å²) in [5.74, 6) is -3.03. The molecule has 0 spiro atoms. The third-order valence-electron chi connectivity index (χ3n) is 3.08. The second kappa shape index (κ2) is 9.80. The summed E-state index contributed by atoms with van der Waals surface area (Å²) < 4.78 is 0. The van der Waals surface area contributed by atoms with Crippen molar-refractivity contribution in [1.82, 2.24) is 26.2 Å². The van der Waals surface area contributed by atoms with E-state index in [2.05, 4.69) is 21.3 Å². The summed E-state index contributed by atoms with van der Waals surface area (Å²) in [5.41, 5.74) is 0. The van der Waals surface area contributed by atoms with Gasteiger partial charge in [0.2, 0.25) is 23.6 Å². The molecule has 0 unspecified atom stereocenters. The van der Waals surface area contributed by atoms with Gasteiger partial charge in [-0.25, -0.2) is 0 Å². The van der Waals surface area contributed by atoms with Gasteiger partial charge in [0.05, 0.1) is 19.6 Å². The van der Waals surface area contributed by atoms with Crippen LogP contribution in [0.1, 0.15) is 6.42 Å². The maximum atomic E-state index is 11.6. The fraction of sp³-hybridized carbons (Fsp3) is 0.429. The van der Waals surface area contributed by atoms with E-state index in [0.29, 0.717) is 0 Å². The Morgan fingerprint density at radius 2 is 1.24 bits per heavy atom. The minimum atomic E-state index is -0.599. The number of hydrogen-bond acceptors (Lipinski definition) is 6. The van der Waals surface area contributed by atoms with Crippen LogP contribution in [0, 0.1) is 0 Å². The van der Waals surface area contributed by atoms with Gasteiger partial charge in [0, 0.05) is 32.2 Å². The fourth-order valence-electron chi connectivity index (χ4n) is 1.70. The number of rotatable bonds is 9. The molecule has 11 heteroatoms. The predicted octanol–water partition coefficient (Wildman–Crippen LogP) is -3.60. The monoisotopic (exact) mass is 353 g/mol. The molecular formula is C14H19N5O6. The van der Waals surface area contributed by atoms with E-state index in [9.17, 15) is 28.8 Å². The molecule has 0 saturated carbocycles. The molecule has 0 radical (unpaired) electrons. The lowest BCUT2D eigenvalue weighted by atomic mass is 10.3. The Labute approximate surface area is 143 Å². The molecule has 136 valence electrons. The van der Waals surface area contributed by atoms with Crippen molar-refractivity contribution in [2.75, 3.05) is 33.2 Å². The molecule has 0 atom stereocenters. The summed E-state index contributed by atoms with van der Waals surface area (Å²) in [6.07, 6.45) is 2.09. The van der Waals surface area contributed by atoms with Crippen molar-refractivity contribution in [3.05, 3.63) is 12.2 Å². The normalized spacial score (nSPS) is 12.8. The first-order chi connectivity index (χ1) is 11.8. The first-order valence-electron chi connectivity index (χ1n) is 7.37. The number of amides is 6. The molecule has 11 nitrogen and oxygen atoms in total. The van der Waals surface area contributed by atoms with Crippen molar-refractivity contribution in [2.45, 2.75) is 6.42 Å². The Morgan fingerprint density at radius 1 is 0.800 bits per heavy atom. The molecule has 0 aliphatic carbocycles.